The van der Waals surface area contributed by atoms with E-state index in [1.54, 1.807) is 7.11 Å². The van der Waals surface area contributed by atoms with Crippen LogP contribution in [-0.2, 0) is 15.1 Å². The minimum absolute atomic E-state index is 0.000920. The average Bonchev–Trinajstić information content (AvgIpc) is 3.11. The molecule has 0 saturated heterocycles. The van der Waals surface area contributed by atoms with Crippen LogP contribution in [0.3, 0.4) is 0 Å². The monoisotopic (exact) mass is 247 g/mol. The Morgan fingerprint density at radius 1 is 1.50 bits per heavy atom. The van der Waals surface area contributed by atoms with Gasteiger partial charge in [-0.2, -0.15) is 0 Å². The SMILES string of the molecule is CCC(OC)C(=O)NC1(c2cccc(C)c2)CC1. The number of amides is 1. The van der Waals surface area contributed by atoms with Gasteiger partial charge >= 0.3 is 0 Å². The second-order valence-electron chi connectivity index (χ2n) is 5.07. The highest BCUT2D eigenvalue weighted by Crippen LogP contribution is 2.45. The number of aryl methyl sites for hydroxylation is 1. The molecule has 98 valence electrons. The van der Waals surface area contributed by atoms with Crippen LogP contribution < -0.4 is 5.32 Å². The Balaban J connectivity index is 2.11. The molecule has 1 aliphatic rings. The van der Waals surface area contributed by atoms with Gasteiger partial charge in [0.1, 0.15) is 6.10 Å². The Morgan fingerprint density at radius 3 is 2.72 bits per heavy atom. The maximum absolute atomic E-state index is 12.1. The van der Waals surface area contributed by atoms with Gasteiger partial charge in [0.2, 0.25) is 5.91 Å². The number of rotatable bonds is 5. The van der Waals surface area contributed by atoms with Crippen LogP contribution in [0.25, 0.3) is 0 Å². The predicted octanol–water partition coefficient (Wildman–Crippen LogP) is 2.53. The molecule has 1 aromatic carbocycles. The highest BCUT2D eigenvalue weighted by atomic mass is 16.5. The minimum Gasteiger partial charge on any atom is -0.372 e. The van der Waals surface area contributed by atoms with Crippen molar-refractivity contribution in [3.05, 3.63) is 35.4 Å². The van der Waals surface area contributed by atoms with Gasteiger partial charge in [-0.05, 0) is 31.7 Å². The molecule has 3 heteroatoms. The molecular formula is C15H21NO2. The smallest absolute Gasteiger partial charge is 0.249 e. The van der Waals surface area contributed by atoms with E-state index in [-0.39, 0.29) is 17.6 Å². The quantitative estimate of drug-likeness (QED) is 0.868. The Hall–Kier alpha value is -1.35. The first-order chi connectivity index (χ1) is 8.61. The van der Waals surface area contributed by atoms with Crippen LogP contribution in [0.1, 0.15) is 37.3 Å². The Labute approximate surface area is 109 Å². The number of carbonyl (C=O) groups excluding carboxylic acids is 1. The predicted molar refractivity (Wildman–Crippen MR) is 71.3 cm³/mol. The van der Waals surface area contributed by atoms with Gasteiger partial charge in [0.05, 0.1) is 5.54 Å². The van der Waals surface area contributed by atoms with Crippen molar-refractivity contribution in [2.45, 2.75) is 44.8 Å². The second-order valence-corrected chi connectivity index (χ2v) is 5.07. The largest absolute Gasteiger partial charge is 0.372 e. The Morgan fingerprint density at radius 2 is 2.22 bits per heavy atom. The van der Waals surface area contributed by atoms with Crippen LogP contribution in [0.2, 0.25) is 0 Å². The fourth-order valence-corrected chi connectivity index (χ4v) is 2.33. The van der Waals surface area contributed by atoms with E-state index in [1.165, 1.54) is 11.1 Å². The Kier molecular flexibility index (Phi) is 3.71. The molecule has 0 bridgehead atoms. The molecule has 3 nitrogen and oxygen atoms in total. The summed E-state index contributed by atoms with van der Waals surface area (Å²) in [5.74, 6) is -0.000920. The number of hydrogen-bond acceptors (Lipinski definition) is 2. The molecule has 1 N–H and O–H groups in total. The van der Waals surface area contributed by atoms with Crippen LogP contribution in [0.5, 0.6) is 0 Å². The van der Waals surface area contributed by atoms with Gasteiger partial charge in [-0.25, -0.2) is 0 Å². The van der Waals surface area contributed by atoms with Gasteiger partial charge < -0.3 is 10.1 Å². The summed E-state index contributed by atoms with van der Waals surface area (Å²) in [7, 11) is 1.58. The zero-order chi connectivity index (χ0) is 13.2. The number of hydrogen-bond donors (Lipinski definition) is 1. The lowest BCUT2D eigenvalue weighted by molar-refractivity contribution is -0.132. The summed E-state index contributed by atoms with van der Waals surface area (Å²) in [4.78, 5) is 12.1. The molecule has 1 aliphatic carbocycles. The molecule has 2 rings (SSSR count). The molecule has 0 spiro atoms. The third kappa shape index (κ3) is 2.56. The standard InChI is InChI=1S/C15H21NO2/c1-4-13(18-3)14(17)16-15(8-9-15)12-7-5-6-11(2)10-12/h5-7,10,13H,4,8-9H2,1-3H3,(H,16,17). The molecule has 0 aliphatic heterocycles. The van der Waals surface area contributed by atoms with E-state index in [9.17, 15) is 4.79 Å². The summed E-state index contributed by atoms with van der Waals surface area (Å²) in [6.07, 6.45) is 2.39. The van der Waals surface area contributed by atoms with Gasteiger partial charge in [0.15, 0.2) is 0 Å². The molecule has 1 unspecified atom stereocenters. The summed E-state index contributed by atoms with van der Waals surface area (Å²) < 4.78 is 5.18. The highest BCUT2D eigenvalue weighted by molar-refractivity contribution is 5.82. The van der Waals surface area contributed by atoms with Crippen molar-refractivity contribution in [3.8, 4) is 0 Å². The number of carbonyl (C=O) groups is 1. The zero-order valence-corrected chi connectivity index (χ0v) is 11.3. The van der Waals surface area contributed by atoms with Gasteiger partial charge in [0, 0.05) is 7.11 Å². The van der Waals surface area contributed by atoms with E-state index in [0.29, 0.717) is 6.42 Å². The van der Waals surface area contributed by atoms with Crippen LogP contribution in [0.4, 0.5) is 0 Å². The third-order valence-electron chi connectivity index (χ3n) is 3.63. The fraction of sp³-hybridized carbons (Fsp3) is 0.533. The lowest BCUT2D eigenvalue weighted by Gasteiger charge is -2.21. The van der Waals surface area contributed by atoms with Gasteiger partial charge in [0.25, 0.3) is 0 Å². The van der Waals surface area contributed by atoms with Crippen molar-refractivity contribution in [2.24, 2.45) is 0 Å². The zero-order valence-electron chi connectivity index (χ0n) is 11.3. The van der Waals surface area contributed by atoms with E-state index in [2.05, 4.69) is 30.4 Å². The molecular weight excluding hydrogens is 226 g/mol. The topological polar surface area (TPSA) is 38.3 Å². The number of benzene rings is 1. The number of nitrogens with one attached hydrogen (secondary N) is 1. The molecule has 0 heterocycles. The Bertz CT molecular complexity index is 434. The lowest BCUT2D eigenvalue weighted by atomic mass is 10.0. The van der Waals surface area contributed by atoms with Crippen molar-refractivity contribution in [1.29, 1.82) is 0 Å². The molecule has 1 saturated carbocycles. The van der Waals surface area contributed by atoms with Crippen molar-refractivity contribution < 1.29 is 9.53 Å². The maximum atomic E-state index is 12.1. The first kappa shape index (κ1) is 13.1. The summed E-state index contributed by atoms with van der Waals surface area (Å²) in [6, 6.07) is 8.37. The van der Waals surface area contributed by atoms with E-state index < -0.39 is 0 Å². The molecule has 1 fully saturated rings. The third-order valence-corrected chi connectivity index (χ3v) is 3.63. The summed E-state index contributed by atoms with van der Waals surface area (Å²) in [5.41, 5.74) is 2.29. The first-order valence-corrected chi connectivity index (χ1v) is 6.53. The first-order valence-electron chi connectivity index (χ1n) is 6.53. The average molecular weight is 247 g/mol. The molecule has 0 radical (unpaired) electrons. The molecule has 1 atom stereocenters. The van der Waals surface area contributed by atoms with Gasteiger partial charge in [-0.3, -0.25) is 4.79 Å². The molecule has 18 heavy (non-hydrogen) atoms. The fourth-order valence-electron chi connectivity index (χ4n) is 2.33. The summed E-state index contributed by atoms with van der Waals surface area (Å²) in [6.45, 7) is 4.03. The molecule has 1 aromatic rings. The van der Waals surface area contributed by atoms with E-state index in [0.717, 1.165) is 12.8 Å². The maximum Gasteiger partial charge on any atom is 0.249 e. The summed E-state index contributed by atoms with van der Waals surface area (Å²) >= 11 is 0. The van der Waals surface area contributed by atoms with Crippen molar-refractivity contribution in [1.82, 2.24) is 5.32 Å². The van der Waals surface area contributed by atoms with E-state index in [1.807, 2.05) is 13.0 Å². The van der Waals surface area contributed by atoms with Crippen LogP contribution in [0, 0.1) is 6.92 Å². The van der Waals surface area contributed by atoms with E-state index in [4.69, 9.17) is 4.74 Å². The van der Waals surface area contributed by atoms with Crippen LogP contribution in [-0.4, -0.2) is 19.1 Å². The molecule has 1 amide bonds. The highest BCUT2D eigenvalue weighted by Gasteiger charge is 2.46. The van der Waals surface area contributed by atoms with Gasteiger partial charge in [-0.1, -0.05) is 36.8 Å². The lowest BCUT2D eigenvalue weighted by Crippen LogP contribution is -2.42. The van der Waals surface area contributed by atoms with Crippen molar-refractivity contribution in [3.63, 3.8) is 0 Å². The van der Waals surface area contributed by atoms with Crippen molar-refractivity contribution >= 4 is 5.91 Å². The van der Waals surface area contributed by atoms with Crippen LogP contribution in [0.15, 0.2) is 24.3 Å². The second kappa shape index (κ2) is 5.11. The minimum atomic E-state index is -0.340. The number of ether oxygens (including phenoxy) is 1. The molecule has 0 aromatic heterocycles. The van der Waals surface area contributed by atoms with E-state index >= 15 is 0 Å². The van der Waals surface area contributed by atoms with Crippen LogP contribution >= 0.6 is 0 Å². The summed E-state index contributed by atoms with van der Waals surface area (Å²) in [5, 5.41) is 3.15. The normalized spacial score (nSPS) is 18.2. The van der Waals surface area contributed by atoms with Gasteiger partial charge in [-0.15, -0.1) is 0 Å². The van der Waals surface area contributed by atoms with Crippen molar-refractivity contribution in [2.75, 3.05) is 7.11 Å². The number of methoxy groups -OCH3 is 1.